The summed E-state index contributed by atoms with van der Waals surface area (Å²) >= 11 is 6.21. The van der Waals surface area contributed by atoms with Crippen LogP contribution in [0.1, 0.15) is 30.0 Å². The zero-order valence-corrected chi connectivity index (χ0v) is 19.7. The molecule has 5 nitrogen and oxygen atoms in total. The van der Waals surface area contributed by atoms with Crippen LogP contribution in [0.4, 0.5) is 0 Å². The van der Waals surface area contributed by atoms with Gasteiger partial charge in [-0.15, -0.1) is 0 Å². The van der Waals surface area contributed by atoms with E-state index >= 15 is 0 Å². The van der Waals surface area contributed by atoms with E-state index in [-0.39, 0.29) is 11.8 Å². The van der Waals surface area contributed by atoms with E-state index in [2.05, 4.69) is 5.32 Å². The molecule has 0 aliphatic carbocycles. The first kappa shape index (κ1) is 24.3. The fourth-order valence-electron chi connectivity index (χ4n) is 3.52. The average molecular weight is 465 g/mol. The second-order valence-corrected chi connectivity index (χ2v) is 8.25. The number of nitrogens with zero attached hydrogens (tertiary/aromatic N) is 1. The summed E-state index contributed by atoms with van der Waals surface area (Å²) in [5.74, 6) is 0.442. The Kier molecular flexibility index (Phi) is 8.90. The highest BCUT2D eigenvalue weighted by Crippen LogP contribution is 2.17. The molecule has 0 aliphatic rings. The molecular weight excluding hydrogens is 436 g/mol. The molecule has 172 valence electrons. The molecule has 0 spiro atoms. The summed E-state index contributed by atoms with van der Waals surface area (Å²) in [6, 6.07) is 24.1. The van der Waals surface area contributed by atoms with Gasteiger partial charge in [0.25, 0.3) is 0 Å². The summed E-state index contributed by atoms with van der Waals surface area (Å²) in [5.41, 5.74) is 2.84. The van der Waals surface area contributed by atoms with Crippen LogP contribution >= 0.6 is 11.6 Å². The summed E-state index contributed by atoms with van der Waals surface area (Å²) in [6.45, 7) is 2.39. The predicted molar refractivity (Wildman–Crippen MR) is 131 cm³/mol. The number of hydrogen-bond acceptors (Lipinski definition) is 3. The Balaban J connectivity index is 1.71. The van der Waals surface area contributed by atoms with Gasteiger partial charge in [-0.25, -0.2) is 0 Å². The third-order valence-corrected chi connectivity index (χ3v) is 5.93. The number of nitrogens with one attached hydrogen (secondary N) is 1. The van der Waals surface area contributed by atoms with Crippen molar-refractivity contribution in [1.29, 1.82) is 0 Å². The first-order chi connectivity index (χ1) is 16.0. The van der Waals surface area contributed by atoms with Crippen molar-refractivity contribution in [3.63, 3.8) is 0 Å². The number of halogens is 1. The van der Waals surface area contributed by atoms with Crippen molar-refractivity contribution in [2.45, 2.75) is 38.9 Å². The van der Waals surface area contributed by atoms with Gasteiger partial charge in [0.2, 0.25) is 11.8 Å². The van der Waals surface area contributed by atoms with Crippen LogP contribution in [0.25, 0.3) is 0 Å². The highest BCUT2D eigenvalue weighted by molar-refractivity contribution is 6.31. The van der Waals surface area contributed by atoms with Crippen molar-refractivity contribution in [1.82, 2.24) is 10.2 Å². The summed E-state index contributed by atoms with van der Waals surface area (Å²) in [7, 11) is 1.61. The van der Waals surface area contributed by atoms with Crippen LogP contribution in [-0.2, 0) is 29.1 Å². The number of benzene rings is 3. The molecule has 0 bridgehead atoms. The minimum Gasteiger partial charge on any atom is -0.497 e. The molecule has 3 rings (SSSR count). The minimum absolute atomic E-state index is 0.0740. The van der Waals surface area contributed by atoms with Crippen molar-refractivity contribution in [2.24, 2.45) is 0 Å². The topological polar surface area (TPSA) is 58.6 Å². The number of methoxy groups -OCH3 is 1. The van der Waals surface area contributed by atoms with Crippen LogP contribution in [0.5, 0.6) is 5.75 Å². The molecule has 0 saturated heterocycles. The summed E-state index contributed by atoms with van der Waals surface area (Å²) in [5, 5.41) is 3.51. The molecule has 0 aliphatic heterocycles. The molecule has 6 heteroatoms. The van der Waals surface area contributed by atoms with Gasteiger partial charge < -0.3 is 15.0 Å². The Morgan fingerprint density at radius 1 is 0.939 bits per heavy atom. The maximum absolute atomic E-state index is 13.2. The van der Waals surface area contributed by atoms with E-state index in [9.17, 15) is 9.59 Å². The number of aryl methyl sites for hydroxylation is 1. The van der Waals surface area contributed by atoms with Crippen LogP contribution in [0, 0.1) is 0 Å². The van der Waals surface area contributed by atoms with Crippen molar-refractivity contribution < 1.29 is 14.3 Å². The van der Waals surface area contributed by atoms with E-state index in [4.69, 9.17) is 16.3 Å². The molecule has 0 heterocycles. The van der Waals surface area contributed by atoms with Gasteiger partial charge in [-0.2, -0.15) is 0 Å². The molecule has 3 aromatic carbocycles. The van der Waals surface area contributed by atoms with Crippen molar-refractivity contribution >= 4 is 23.4 Å². The van der Waals surface area contributed by atoms with Crippen molar-refractivity contribution in [2.75, 3.05) is 7.11 Å². The molecule has 0 fully saturated rings. The zero-order valence-electron chi connectivity index (χ0n) is 19.0. The van der Waals surface area contributed by atoms with E-state index < -0.39 is 6.04 Å². The third kappa shape index (κ3) is 7.09. The van der Waals surface area contributed by atoms with Crippen LogP contribution < -0.4 is 10.1 Å². The Morgan fingerprint density at radius 3 is 2.27 bits per heavy atom. The van der Waals surface area contributed by atoms with Gasteiger partial charge in [-0.05, 0) is 48.2 Å². The van der Waals surface area contributed by atoms with Crippen LogP contribution in [0.3, 0.4) is 0 Å². The molecule has 33 heavy (non-hydrogen) atoms. The number of carbonyl (C=O) groups excluding carboxylic acids is 2. The molecule has 1 N–H and O–H groups in total. The number of carbonyl (C=O) groups is 2. The molecule has 3 aromatic rings. The van der Waals surface area contributed by atoms with Gasteiger partial charge >= 0.3 is 0 Å². The lowest BCUT2D eigenvalue weighted by Gasteiger charge is -2.29. The van der Waals surface area contributed by atoms with Gasteiger partial charge in [0.1, 0.15) is 11.8 Å². The highest BCUT2D eigenvalue weighted by Gasteiger charge is 2.26. The first-order valence-electron chi connectivity index (χ1n) is 11.0. The zero-order chi connectivity index (χ0) is 23.6. The molecule has 2 amide bonds. The summed E-state index contributed by atoms with van der Waals surface area (Å²) < 4.78 is 5.22. The number of rotatable bonds is 10. The summed E-state index contributed by atoms with van der Waals surface area (Å²) in [6.07, 6.45) is 0.940. The average Bonchev–Trinajstić information content (AvgIpc) is 2.85. The maximum atomic E-state index is 13.2. The van der Waals surface area contributed by atoms with Gasteiger partial charge in [-0.3, -0.25) is 9.59 Å². The quantitative estimate of drug-likeness (QED) is 0.458. The Morgan fingerprint density at radius 2 is 1.61 bits per heavy atom. The predicted octanol–water partition coefficient (Wildman–Crippen LogP) is 5.01. The second-order valence-electron chi connectivity index (χ2n) is 7.84. The van der Waals surface area contributed by atoms with E-state index in [0.717, 1.165) is 22.4 Å². The van der Waals surface area contributed by atoms with E-state index in [1.165, 1.54) is 0 Å². The number of hydrogen-bond donors (Lipinski definition) is 1. The lowest BCUT2D eigenvalue weighted by atomic mass is 10.1. The highest BCUT2D eigenvalue weighted by atomic mass is 35.5. The third-order valence-electron chi connectivity index (χ3n) is 5.56. The molecule has 1 atom stereocenters. The largest absolute Gasteiger partial charge is 0.497 e. The van der Waals surface area contributed by atoms with Crippen molar-refractivity contribution in [3.05, 3.63) is 101 Å². The normalized spacial score (nSPS) is 11.5. The fraction of sp³-hybridized carbons (Fsp3) is 0.259. The lowest BCUT2D eigenvalue weighted by Crippen LogP contribution is -2.47. The van der Waals surface area contributed by atoms with Crippen LogP contribution in [0.2, 0.25) is 5.02 Å². The Bertz CT molecular complexity index is 1050. The molecular formula is C27H29ClN2O3. The van der Waals surface area contributed by atoms with Crippen LogP contribution in [-0.4, -0.2) is 29.9 Å². The molecule has 0 saturated carbocycles. The molecule has 0 radical (unpaired) electrons. The van der Waals surface area contributed by atoms with Gasteiger partial charge in [-0.1, -0.05) is 72.3 Å². The molecule has 0 aromatic heterocycles. The Labute approximate surface area is 200 Å². The van der Waals surface area contributed by atoms with E-state index in [0.29, 0.717) is 31.0 Å². The number of ether oxygens (including phenoxy) is 1. The minimum atomic E-state index is -0.641. The van der Waals surface area contributed by atoms with Crippen LogP contribution in [0.15, 0.2) is 78.9 Å². The first-order valence-corrected chi connectivity index (χ1v) is 11.3. The van der Waals surface area contributed by atoms with E-state index in [1.807, 2.05) is 72.8 Å². The van der Waals surface area contributed by atoms with Gasteiger partial charge in [0.15, 0.2) is 0 Å². The SMILES string of the molecule is COc1ccc(CN(C(=O)CCc2ccccc2)[C@@H](C)C(=O)NCc2ccccc2Cl)cc1. The maximum Gasteiger partial charge on any atom is 0.242 e. The summed E-state index contributed by atoms with van der Waals surface area (Å²) in [4.78, 5) is 27.8. The monoisotopic (exact) mass is 464 g/mol. The van der Waals surface area contributed by atoms with Gasteiger partial charge in [0, 0.05) is 24.5 Å². The number of amides is 2. The second kappa shape index (κ2) is 12.1. The standard InChI is InChI=1S/C27H29ClN2O3/c1-20(27(32)29-18-23-10-6-7-11-25(23)28)30(19-22-12-15-24(33-2)16-13-22)26(31)17-14-21-8-4-3-5-9-21/h3-13,15-16,20H,14,17-19H2,1-2H3,(H,29,32)/t20-/m0/s1. The Hall–Kier alpha value is -3.31. The van der Waals surface area contributed by atoms with E-state index in [1.54, 1.807) is 25.0 Å². The van der Waals surface area contributed by atoms with Gasteiger partial charge in [0.05, 0.1) is 7.11 Å². The smallest absolute Gasteiger partial charge is 0.242 e. The van der Waals surface area contributed by atoms with Crippen molar-refractivity contribution in [3.8, 4) is 5.75 Å². The fourth-order valence-corrected chi connectivity index (χ4v) is 3.72. The molecule has 0 unspecified atom stereocenters. The lowest BCUT2D eigenvalue weighted by molar-refractivity contribution is -0.140.